The Bertz CT molecular complexity index is 118. The SMILES string of the molecule is NCN1CCNCCNCCNCC1. The first-order valence-electron chi connectivity index (χ1n) is 5.48. The van der Waals surface area contributed by atoms with Gasteiger partial charge in [-0.3, -0.25) is 4.90 Å². The zero-order valence-corrected chi connectivity index (χ0v) is 8.89. The molecule has 0 spiro atoms. The Balaban J connectivity index is 2.17. The van der Waals surface area contributed by atoms with Crippen LogP contribution in [-0.2, 0) is 0 Å². The summed E-state index contributed by atoms with van der Waals surface area (Å²) in [5.74, 6) is 0. The van der Waals surface area contributed by atoms with Crippen molar-refractivity contribution in [3.63, 3.8) is 0 Å². The molecule has 0 aromatic heterocycles. The van der Waals surface area contributed by atoms with Gasteiger partial charge < -0.3 is 21.7 Å². The Kier molecular flexibility index (Phi) is 6.90. The fourth-order valence-corrected chi connectivity index (χ4v) is 1.50. The van der Waals surface area contributed by atoms with Gasteiger partial charge in [0.1, 0.15) is 0 Å². The molecule has 0 saturated carbocycles. The van der Waals surface area contributed by atoms with Crippen molar-refractivity contribution in [2.45, 2.75) is 0 Å². The minimum absolute atomic E-state index is 0.654. The summed E-state index contributed by atoms with van der Waals surface area (Å²) < 4.78 is 0. The first kappa shape index (κ1) is 11.9. The molecule has 14 heavy (non-hydrogen) atoms. The highest BCUT2D eigenvalue weighted by atomic mass is 15.2. The molecule has 0 unspecified atom stereocenters. The molecular formula is C9H23N5. The summed E-state index contributed by atoms with van der Waals surface area (Å²) >= 11 is 0. The highest BCUT2D eigenvalue weighted by Crippen LogP contribution is 1.82. The standard InChI is InChI=1S/C9H23N5/c10-9-14-7-5-12-3-1-11-2-4-13-6-8-14/h11-13H,1-10H2. The van der Waals surface area contributed by atoms with Gasteiger partial charge in [0.05, 0.1) is 0 Å². The average molecular weight is 201 g/mol. The number of hydrogen-bond acceptors (Lipinski definition) is 5. The third-order valence-electron chi connectivity index (χ3n) is 2.42. The Morgan fingerprint density at radius 3 is 1.64 bits per heavy atom. The van der Waals surface area contributed by atoms with Crippen molar-refractivity contribution in [2.24, 2.45) is 5.73 Å². The quantitative estimate of drug-likeness (QED) is 0.395. The van der Waals surface area contributed by atoms with Gasteiger partial charge in [0, 0.05) is 59.0 Å². The van der Waals surface area contributed by atoms with Crippen LogP contribution in [0.4, 0.5) is 0 Å². The summed E-state index contributed by atoms with van der Waals surface area (Å²) in [6, 6.07) is 0. The number of nitrogens with one attached hydrogen (secondary N) is 3. The van der Waals surface area contributed by atoms with Crippen LogP contribution < -0.4 is 21.7 Å². The van der Waals surface area contributed by atoms with Gasteiger partial charge in [0.25, 0.3) is 0 Å². The Labute approximate surface area is 86.4 Å². The van der Waals surface area contributed by atoms with Gasteiger partial charge in [-0.15, -0.1) is 0 Å². The fraction of sp³-hybridized carbons (Fsp3) is 1.00. The van der Waals surface area contributed by atoms with E-state index in [0.717, 1.165) is 52.4 Å². The van der Waals surface area contributed by atoms with Crippen molar-refractivity contribution in [3.05, 3.63) is 0 Å². The van der Waals surface area contributed by atoms with E-state index >= 15 is 0 Å². The van der Waals surface area contributed by atoms with Gasteiger partial charge in [0.2, 0.25) is 0 Å². The lowest BCUT2D eigenvalue weighted by Crippen LogP contribution is -2.43. The fourth-order valence-electron chi connectivity index (χ4n) is 1.50. The molecule has 1 rings (SSSR count). The molecule has 1 fully saturated rings. The second-order valence-electron chi connectivity index (χ2n) is 3.55. The van der Waals surface area contributed by atoms with E-state index in [2.05, 4.69) is 20.9 Å². The number of rotatable bonds is 1. The van der Waals surface area contributed by atoms with Gasteiger partial charge in [-0.2, -0.15) is 0 Å². The third kappa shape index (κ3) is 5.51. The van der Waals surface area contributed by atoms with E-state index < -0.39 is 0 Å². The van der Waals surface area contributed by atoms with Gasteiger partial charge in [-0.25, -0.2) is 0 Å². The van der Waals surface area contributed by atoms with Crippen LogP contribution in [0.2, 0.25) is 0 Å². The zero-order chi connectivity index (χ0) is 10.1. The minimum Gasteiger partial charge on any atom is -0.318 e. The molecule has 0 atom stereocenters. The smallest absolute Gasteiger partial charge is 0.0456 e. The van der Waals surface area contributed by atoms with Gasteiger partial charge >= 0.3 is 0 Å². The second kappa shape index (κ2) is 8.14. The zero-order valence-electron chi connectivity index (χ0n) is 8.89. The maximum absolute atomic E-state index is 5.64. The van der Waals surface area contributed by atoms with E-state index in [9.17, 15) is 0 Å². The molecule has 0 aromatic rings. The lowest BCUT2D eigenvalue weighted by molar-refractivity contribution is 0.278. The second-order valence-corrected chi connectivity index (χ2v) is 3.55. The van der Waals surface area contributed by atoms with Gasteiger partial charge in [-0.05, 0) is 0 Å². The molecule has 1 aliphatic heterocycles. The molecule has 5 heteroatoms. The average Bonchev–Trinajstić information content (AvgIpc) is 2.19. The van der Waals surface area contributed by atoms with Crippen molar-refractivity contribution in [3.8, 4) is 0 Å². The van der Waals surface area contributed by atoms with E-state index in [-0.39, 0.29) is 0 Å². The van der Waals surface area contributed by atoms with Crippen LogP contribution in [0, 0.1) is 0 Å². The van der Waals surface area contributed by atoms with Crippen molar-refractivity contribution >= 4 is 0 Å². The molecule has 5 N–H and O–H groups in total. The topological polar surface area (TPSA) is 65.3 Å². The van der Waals surface area contributed by atoms with Crippen LogP contribution in [0.15, 0.2) is 0 Å². The molecule has 0 amide bonds. The van der Waals surface area contributed by atoms with E-state index in [0.29, 0.717) is 6.67 Å². The van der Waals surface area contributed by atoms with E-state index in [1.807, 2.05) is 0 Å². The monoisotopic (exact) mass is 201 g/mol. The Hall–Kier alpha value is -0.200. The number of hydrogen-bond donors (Lipinski definition) is 4. The largest absolute Gasteiger partial charge is 0.318 e. The number of nitrogens with two attached hydrogens (primary N) is 1. The highest BCUT2D eigenvalue weighted by molar-refractivity contribution is 4.62. The van der Waals surface area contributed by atoms with Crippen LogP contribution in [0.1, 0.15) is 0 Å². The molecular weight excluding hydrogens is 178 g/mol. The summed E-state index contributed by atoms with van der Waals surface area (Å²) in [6.07, 6.45) is 0. The van der Waals surface area contributed by atoms with Crippen molar-refractivity contribution < 1.29 is 0 Å². The summed E-state index contributed by atoms with van der Waals surface area (Å²) in [6.45, 7) is 8.96. The molecule has 0 aromatic carbocycles. The Morgan fingerprint density at radius 1 is 0.786 bits per heavy atom. The van der Waals surface area contributed by atoms with Crippen LogP contribution >= 0.6 is 0 Å². The van der Waals surface area contributed by atoms with Crippen LogP contribution in [0.25, 0.3) is 0 Å². The lowest BCUT2D eigenvalue weighted by atomic mass is 10.4. The van der Waals surface area contributed by atoms with E-state index in [1.54, 1.807) is 0 Å². The minimum atomic E-state index is 0.654. The number of nitrogens with zero attached hydrogens (tertiary/aromatic N) is 1. The molecule has 84 valence electrons. The van der Waals surface area contributed by atoms with E-state index in [4.69, 9.17) is 5.73 Å². The molecule has 0 radical (unpaired) electrons. The lowest BCUT2D eigenvalue weighted by Gasteiger charge is -2.21. The van der Waals surface area contributed by atoms with Gasteiger partial charge in [-0.1, -0.05) is 0 Å². The Morgan fingerprint density at radius 2 is 1.21 bits per heavy atom. The molecule has 1 aliphatic rings. The van der Waals surface area contributed by atoms with Crippen molar-refractivity contribution in [1.82, 2.24) is 20.9 Å². The summed E-state index contributed by atoms with van der Waals surface area (Å²) in [5.41, 5.74) is 5.64. The summed E-state index contributed by atoms with van der Waals surface area (Å²) in [5, 5.41) is 10.1. The van der Waals surface area contributed by atoms with Crippen molar-refractivity contribution in [2.75, 3.05) is 59.0 Å². The molecule has 5 nitrogen and oxygen atoms in total. The van der Waals surface area contributed by atoms with Crippen LogP contribution in [0.5, 0.6) is 0 Å². The predicted octanol–water partition coefficient (Wildman–Crippen LogP) is -2.01. The summed E-state index contributed by atoms with van der Waals surface area (Å²) in [4.78, 5) is 2.26. The van der Waals surface area contributed by atoms with Crippen LogP contribution in [-0.4, -0.2) is 63.9 Å². The van der Waals surface area contributed by atoms with E-state index in [1.165, 1.54) is 0 Å². The highest BCUT2D eigenvalue weighted by Gasteiger charge is 2.01. The third-order valence-corrected chi connectivity index (χ3v) is 2.42. The van der Waals surface area contributed by atoms with Crippen molar-refractivity contribution in [1.29, 1.82) is 0 Å². The molecule has 1 heterocycles. The molecule has 0 aliphatic carbocycles. The first-order chi connectivity index (χ1) is 6.93. The maximum Gasteiger partial charge on any atom is 0.0456 e. The first-order valence-corrected chi connectivity index (χ1v) is 5.48. The molecule has 0 bridgehead atoms. The molecule has 1 saturated heterocycles. The summed E-state index contributed by atoms with van der Waals surface area (Å²) in [7, 11) is 0. The van der Waals surface area contributed by atoms with Crippen LogP contribution in [0.3, 0.4) is 0 Å². The van der Waals surface area contributed by atoms with Gasteiger partial charge in [0.15, 0.2) is 0 Å². The predicted molar refractivity (Wildman–Crippen MR) is 59.2 cm³/mol. The maximum atomic E-state index is 5.64. The normalized spacial score (nSPS) is 23.8.